The normalized spacial score (nSPS) is 18.1. The third-order valence-corrected chi connectivity index (χ3v) is 5.51. The molecule has 1 saturated carbocycles. The quantitative estimate of drug-likeness (QED) is 0.846. The van der Waals surface area contributed by atoms with Crippen molar-refractivity contribution in [3.63, 3.8) is 0 Å². The fraction of sp³-hybridized carbons (Fsp3) is 0.625. The minimum Gasteiger partial charge on any atom is -0.316 e. The summed E-state index contributed by atoms with van der Waals surface area (Å²) in [6.45, 7) is 0. The Kier molecular flexibility index (Phi) is 6.30. The van der Waals surface area contributed by atoms with E-state index in [-0.39, 0.29) is 17.7 Å². The molecule has 2 rings (SSSR count). The van der Waals surface area contributed by atoms with Crippen molar-refractivity contribution in [3.8, 4) is 0 Å². The van der Waals surface area contributed by atoms with Gasteiger partial charge in [0, 0.05) is 17.0 Å². The lowest BCUT2D eigenvalue weighted by Crippen LogP contribution is -2.31. The average molecular weight is 299 g/mol. The highest BCUT2D eigenvalue weighted by atomic mass is 32.2. The first-order valence-corrected chi connectivity index (χ1v) is 8.46. The van der Waals surface area contributed by atoms with Crippen molar-refractivity contribution in [2.24, 2.45) is 0 Å². The topological polar surface area (TPSA) is 12.0 Å². The van der Waals surface area contributed by atoms with Gasteiger partial charge in [-0.1, -0.05) is 19.3 Å². The van der Waals surface area contributed by atoms with Crippen LogP contribution in [0.1, 0.15) is 37.7 Å². The molecule has 1 aliphatic carbocycles. The van der Waals surface area contributed by atoms with E-state index in [1.54, 1.807) is 0 Å². The number of benzene rings is 1. The maximum Gasteiger partial charge on any atom is 0.126 e. The van der Waals surface area contributed by atoms with Gasteiger partial charge in [-0.05, 0) is 50.1 Å². The summed E-state index contributed by atoms with van der Waals surface area (Å²) >= 11 is 1.98. The summed E-state index contributed by atoms with van der Waals surface area (Å²) in [5, 5.41) is 3.97. The third-order valence-electron chi connectivity index (χ3n) is 3.97. The van der Waals surface area contributed by atoms with Gasteiger partial charge in [0.25, 0.3) is 0 Å². The first-order valence-electron chi connectivity index (χ1n) is 7.42. The zero-order chi connectivity index (χ0) is 14.4. The molecule has 1 N–H and O–H groups in total. The summed E-state index contributed by atoms with van der Waals surface area (Å²) in [4.78, 5) is 0. The molecular formula is C16H23F2NS. The summed E-state index contributed by atoms with van der Waals surface area (Å²) < 4.78 is 26.8. The van der Waals surface area contributed by atoms with E-state index >= 15 is 0 Å². The van der Waals surface area contributed by atoms with E-state index in [2.05, 4.69) is 5.32 Å². The molecular weight excluding hydrogens is 276 g/mol. The number of halogens is 2. The standard InChI is InChI=1S/C16H23F2NS/c1-19-14(11-20-15-5-3-2-4-6-15)10-12-9-13(17)7-8-16(12)18/h7-9,14-15,19H,2-6,10-11H2,1H3. The lowest BCUT2D eigenvalue weighted by molar-refractivity contribution is 0.513. The molecule has 1 aromatic rings. The molecule has 4 heteroatoms. The van der Waals surface area contributed by atoms with Crippen LogP contribution in [0.2, 0.25) is 0 Å². The van der Waals surface area contributed by atoms with Gasteiger partial charge >= 0.3 is 0 Å². The van der Waals surface area contributed by atoms with Gasteiger partial charge in [0.05, 0.1) is 0 Å². The Labute approximate surface area is 124 Å². The lowest BCUT2D eigenvalue weighted by Gasteiger charge is -2.24. The first-order chi connectivity index (χ1) is 9.69. The van der Waals surface area contributed by atoms with Crippen molar-refractivity contribution >= 4 is 11.8 Å². The SMILES string of the molecule is CNC(CSC1CCCCC1)Cc1cc(F)ccc1F. The van der Waals surface area contributed by atoms with E-state index in [4.69, 9.17) is 0 Å². The van der Waals surface area contributed by atoms with Gasteiger partial charge in [-0.15, -0.1) is 0 Å². The fourth-order valence-corrected chi connectivity index (χ4v) is 4.15. The van der Waals surface area contributed by atoms with Crippen LogP contribution in [0.5, 0.6) is 0 Å². The second-order valence-corrected chi connectivity index (χ2v) is 6.85. The van der Waals surface area contributed by atoms with Gasteiger partial charge in [0.2, 0.25) is 0 Å². The van der Waals surface area contributed by atoms with Crippen LogP contribution in [-0.2, 0) is 6.42 Å². The first kappa shape index (κ1) is 15.8. The van der Waals surface area contributed by atoms with Crippen molar-refractivity contribution in [1.29, 1.82) is 0 Å². The van der Waals surface area contributed by atoms with E-state index in [0.717, 1.165) is 11.0 Å². The number of hydrogen-bond donors (Lipinski definition) is 1. The molecule has 20 heavy (non-hydrogen) atoms. The van der Waals surface area contributed by atoms with Crippen molar-refractivity contribution in [2.45, 2.75) is 49.8 Å². The minimum absolute atomic E-state index is 0.193. The van der Waals surface area contributed by atoms with Crippen LogP contribution in [-0.4, -0.2) is 24.1 Å². The Bertz CT molecular complexity index is 419. The van der Waals surface area contributed by atoms with Gasteiger partial charge in [0.15, 0.2) is 0 Å². The number of thioether (sulfide) groups is 1. The number of likely N-dealkylation sites (N-methyl/N-ethyl adjacent to an activating group) is 1. The maximum absolute atomic E-state index is 13.7. The molecule has 1 aliphatic rings. The van der Waals surface area contributed by atoms with Gasteiger partial charge < -0.3 is 5.32 Å². The second kappa shape index (κ2) is 7.99. The minimum atomic E-state index is -0.365. The van der Waals surface area contributed by atoms with Crippen LogP contribution < -0.4 is 5.32 Å². The molecule has 0 bridgehead atoms. The van der Waals surface area contributed by atoms with Crippen molar-refractivity contribution in [3.05, 3.63) is 35.4 Å². The molecule has 0 amide bonds. The molecule has 0 radical (unpaired) electrons. The molecule has 1 nitrogen and oxygen atoms in total. The molecule has 1 unspecified atom stereocenters. The van der Waals surface area contributed by atoms with E-state index < -0.39 is 0 Å². The molecule has 0 aliphatic heterocycles. The zero-order valence-electron chi connectivity index (χ0n) is 12.0. The van der Waals surface area contributed by atoms with Crippen LogP contribution in [0.15, 0.2) is 18.2 Å². The third kappa shape index (κ3) is 4.74. The Morgan fingerprint density at radius 2 is 2.00 bits per heavy atom. The van der Waals surface area contributed by atoms with Crippen LogP contribution in [0.3, 0.4) is 0 Å². The summed E-state index contributed by atoms with van der Waals surface area (Å²) in [6, 6.07) is 3.89. The van der Waals surface area contributed by atoms with Gasteiger partial charge in [-0.3, -0.25) is 0 Å². The molecule has 0 heterocycles. The Morgan fingerprint density at radius 1 is 1.25 bits per heavy atom. The van der Waals surface area contributed by atoms with Gasteiger partial charge in [0.1, 0.15) is 11.6 Å². The lowest BCUT2D eigenvalue weighted by atomic mass is 10.0. The summed E-state index contributed by atoms with van der Waals surface area (Å²) in [6.07, 6.45) is 7.17. The van der Waals surface area contributed by atoms with Crippen molar-refractivity contribution in [2.75, 3.05) is 12.8 Å². The second-order valence-electron chi connectivity index (χ2n) is 5.52. The fourth-order valence-electron chi connectivity index (χ4n) is 2.69. The number of rotatable bonds is 6. The Balaban J connectivity index is 1.86. The highest BCUT2D eigenvalue weighted by Crippen LogP contribution is 2.29. The average Bonchev–Trinajstić information content (AvgIpc) is 2.48. The predicted octanol–water partition coefficient (Wildman–Crippen LogP) is 4.16. The Hall–Kier alpha value is -0.610. The van der Waals surface area contributed by atoms with E-state index in [0.29, 0.717) is 12.0 Å². The molecule has 1 atom stereocenters. The van der Waals surface area contributed by atoms with Crippen LogP contribution >= 0.6 is 11.8 Å². The molecule has 0 saturated heterocycles. The largest absolute Gasteiger partial charge is 0.316 e. The monoisotopic (exact) mass is 299 g/mol. The molecule has 0 aromatic heterocycles. The molecule has 1 aromatic carbocycles. The highest BCUT2D eigenvalue weighted by Gasteiger charge is 2.17. The molecule has 1 fully saturated rings. The highest BCUT2D eigenvalue weighted by molar-refractivity contribution is 7.99. The molecule has 0 spiro atoms. The van der Waals surface area contributed by atoms with Gasteiger partial charge in [-0.25, -0.2) is 8.78 Å². The smallest absolute Gasteiger partial charge is 0.126 e. The summed E-state index contributed by atoms with van der Waals surface area (Å²) in [5.41, 5.74) is 0.466. The van der Waals surface area contributed by atoms with Gasteiger partial charge in [-0.2, -0.15) is 11.8 Å². The summed E-state index contributed by atoms with van der Waals surface area (Å²) in [5.74, 6) is 0.280. The van der Waals surface area contributed by atoms with Crippen LogP contribution in [0, 0.1) is 11.6 Å². The maximum atomic E-state index is 13.7. The van der Waals surface area contributed by atoms with Crippen molar-refractivity contribution in [1.82, 2.24) is 5.32 Å². The Morgan fingerprint density at radius 3 is 2.70 bits per heavy atom. The van der Waals surface area contributed by atoms with Crippen molar-refractivity contribution < 1.29 is 8.78 Å². The summed E-state index contributed by atoms with van der Waals surface area (Å²) in [7, 11) is 1.89. The number of hydrogen-bond acceptors (Lipinski definition) is 2. The predicted molar refractivity (Wildman–Crippen MR) is 82.2 cm³/mol. The van der Waals surface area contributed by atoms with E-state index in [1.807, 2.05) is 18.8 Å². The van der Waals surface area contributed by atoms with E-state index in [9.17, 15) is 8.78 Å². The van der Waals surface area contributed by atoms with Crippen LogP contribution in [0.25, 0.3) is 0 Å². The molecule has 112 valence electrons. The van der Waals surface area contributed by atoms with Crippen LogP contribution in [0.4, 0.5) is 8.78 Å². The zero-order valence-corrected chi connectivity index (χ0v) is 12.8. The number of nitrogens with one attached hydrogen (secondary N) is 1. The van der Waals surface area contributed by atoms with E-state index in [1.165, 1.54) is 50.3 Å².